The van der Waals surface area contributed by atoms with Crippen molar-refractivity contribution in [2.45, 2.75) is 26.9 Å². The van der Waals surface area contributed by atoms with Gasteiger partial charge in [-0.3, -0.25) is 20.4 Å². The zero-order valence-electron chi connectivity index (χ0n) is 15.1. The molecule has 7 heteroatoms. The summed E-state index contributed by atoms with van der Waals surface area (Å²) >= 11 is 3.32. The highest BCUT2D eigenvalue weighted by Gasteiger charge is 2.17. The number of hydrogen-bond donors (Lipinski definition) is 2. The molecule has 0 bridgehead atoms. The van der Waals surface area contributed by atoms with Crippen LogP contribution in [0.5, 0.6) is 11.5 Å². The summed E-state index contributed by atoms with van der Waals surface area (Å²) in [5.41, 5.74) is 7.10. The van der Waals surface area contributed by atoms with E-state index in [1.807, 2.05) is 32.0 Å². The van der Waals surface area contributed by atoms with Gasteiger partial charge in [0, 0.05) is 5.56 Å². The van der Waals surface area contributed by atoms with Gasteiger partial charge in [0.05, 0.1) is 11.6 Å². The smallest absolute Gasteiger partial charge is 0.279 e. The number of methoxy groups -OCH3 is 1. The SMILES string of the molecule is COc1ccc(C(=O)NNC(=O)C(C)Oc2cc(C)ccc2C)cc1Br. The van der Waals surface area contributed by atoms with Crippen molar-refractivity contribution in [1.82, 2.24) is 10.9 Å². The van der Waals surface area contributed by atoms with Gasteiger partial charge in [-0.1, -0.05) is 12.1 Å². The van der Waals surface area contributed by atoms with Gasteiger partial charge in [-0.25, -0.2) is 0 Å². The summed E-state index contributed by atoms with van der Waals surface area (Å²) < 4.78 is 11.5. The Morgan fingerprint density at radius 3 is 2.42 bits per heavy atom. The highest BCUT2D eigenvalue weighted by Crippen LogP contribution is 2.25. The molecule has 2 N–H and O–H groups in total. The first-order valence-corrected chi connectivity index (χ1v) is 8.78. The molecule has 0 radical (unpaired) electrons. The highest BCUT2D eigenvalue weighted by atomic mass is 79.9. The van der Waals surface area contributed by atoms with Crippen molar-refractivity contribution < 1.29 is 19.1 Å². The van der Waals surface area contributed by atoms with Crippen LogP contribution in [-0.2, 0) is 4.79 Å². The molecule has 0 fully saturated rings. The lowest BCUT2D eigenvalue weighted by Gasteiger charge is -2.17. The number of hydrogen-bond acceptors (Lipinski definition) is 4. The van der Waals surface area contributed by atoms with Gasteiger partial charge in [0.1, 0.15) is 11.5 Å². The van der Waals surface area contributed by atoms with Crippen molar-refractivity contribution in [2.75, 3.05) is 7.11 Å². The summed E-state index contributed by atoms with van der Waals surface area (Å²) in [6.07, 6.45) is -0.765. The molecule has 2 aromatic rings. The lowest BCUT2D eigenvalue weighted by molar-refractivity contribution is -0.128. The average molecular weight is 421 g/mol. The first-order chi connectivity index (χ1) is 12.3. The van der Waals surface area contributed by atoms with E-state index in [2.05, 4.69) is 26.8 Å². The molecule has 0 aliphatic rings. The molecule has 0 saturated carbocycles. The molecular formula is C19H21BrN2O4. The number of halogens is 1. The Morgan fingerprint density at radius 1 is 1.04 bits per heavy atom. The molecule has 0 saturated heterocycles. The normalized spacial score (nSPS) is 11.4. The molecule has 6 nitrogen and oxygen atoms in total. The number of nitrogens with one attached hydrogen (secondary N) is 2. The van der Waals surface area contributed by atoms with Crippen LogP contribution in [0.1, 0.15) is 28.4 Å². The molecule has 2 amide bonds. The van der Waals surface area contributed by atoms with Gasteiger partial charge in [0.2, 0.25) is 0 Å². The van der Waals surface area contributed by atoms with E-state index in [1.54, 1.807) is 25.1 Å². The van der Waals surface area contributed by atoms with Crippen LogP contribution in [0.2, 0.25) is 0 Å². The topological polar surface area (TPSA) is 76.7 Å². The van der Waals surface area contributed by atoms with Gasteiger partial charge in [-0.05, 0) is 72.1 Å². The Bertz CT molecular complexity index is 823. The molecule has 1 atom stereocenters. The van der Waals surface area contributed by atoms with E-state index in [9.17, 15) is 9.59 Å². The molecule has 0 heterocycles. The number of carbonyl (C=O) groups excluding carboxylic acids is 2. The van der Waals surface area contributed by atoms with Gasteiger partial charge in [0.15, 0.2) is 6.10 Å². The molecule has 1 unspecified atom stereocenters. The minimum Gasteiger partial charge on any atom is -0.496 e. The summed E-state index contributed by atoms with van der Waals surface area (Å²) in [4.78, 5) is 24.3. The third-order valence-corrected chi connectivity index (χ3v) is 4.35. The Hall–Kier alpha value is -2.54. The number of rotatable bonds is 5. The predicted molar refractivity (Wildman–Crippen MR) is 102 cm³/mol. The Morgan fingerprint density at radius 2 is 1.77 bits per heavy atom. The maximum absolute atomic E-state index is 12.2. The molecule has 138 valence electrons. The van der Waals surface area contributed by atoms with Crippen molar-refractivity contribution in [3.63, 3.8) is 0 Å². The van der Waals surface area contributed by atoms with E-state index in [1.165, 1.54) is 7.11 Å². The second-order valence-electron chi connectivity index (χ2n) is 5.82. The molecule has 0 aromatic heterocycles. The van der Waals surface area contributed by atoms with Crippen LogP contribution < -0.4 is 20.3 Å². The Labute approximate surface area is 161 Å². The lowest BCUT2D eigenvalue weighted by Crippen LogP contribution is -2.47. The van der Waals surface area contributed by atoms with Crippen molar-refractivity contribution >= 4 is 27.7 Å². The zero-order valence-corrected chi connectivity index (χ0v) is 16.6. The minimum atomic E-state index is -0.765. The van der Waals surface area contributed by atoms with Crippen molar-refractivity contribution in [3.8, 4) is 11.5 Å². The van der Waals surface area contributed by atoms with Crippen LogP contribution >= 0.6 is 15.9 Å². The first-order valence-electron chi connectivity index (χ1n) is 7.99. The van der Waals surface area contributed by atoms with Crippen LogP contribution in [0.15, 0.2) is 40.9 Å². The van der Waals surface area contributed by atoms with E-state index in [0.29, 0.717) is 21.5 Å². The van der Waals surface area contributed by atoms with Crippen LogP contribution in [0.25, 0.3) is 0 Å². The van der Waals surface area contributed by atoms with Crippen molar-refractivity contribution in [1.29, 1.82) is 0 Å². The lowest BCUT2D eigenvalue weighted by atomic mass is 10.1. The molecular weight excluding hydrogens is 400 g/mol. The van der Waals surface area contributed by atoms with Gasteiger partial charge in [-0.2, -0.15) is 0 Å². The number of benzene rings is 2. The maximum Gasteiger partial charge on any atom is 0.279 e. The molecule has 26 heavy (non-hydrogen) atoms. The number of carbonyl (C=O) groups is 2. The van der Waals surface area contributed by atoms with E-state index in [4.69, 9.17) is 9.47 Å². The summed E-state index contributed by atoms with van der Waals surface area (Å²) in [6, 6.07) is 10.6. The molecule has 0 aliphatic carbocycles. The first kappa shape index (κ1) is 19.8. The fraction of sp³-hybridized carbons (Fsp3) is 0.263. The number of aryl methyl sites for hydroxylation is 2. The largest absolute Gasteiger partial charge is 0.496 e. The van der Waals surface area contributed by atoms with Gasteiger partial charge in [0.25, 0.3) is 11.8 Å². The fourth-order valence-electron chi connectivity index (χ4n) is 2.18. The molecule has 2 rings (SSSR count). The van der Waals surface area contributed by atoms with Crippen molar-refractivity contribution in [3.05, 3.63) is 57.6 Å². The predicted octanol–water partition coefficient (Wildman–Crippen LogP) is 3.30. The summed E-state index contributed by atoms with van der Waals surface area (Å²) in [6.45, 7) is 5.47. The quantitative estimate of drug-likeness (QED) is 0.727. The van der Waals surface area contributed by atoms with Crippen LogP contribution in [0, 0.1) is 13.8 Å². The fourth-order valence-corrected chi connectivity index (χ4v) is 2.72. The third kappa shape index (κ3) is 4.98. The summed E-state index contributed by atoms with van der Waals surface area (Å²) in [5, 5.41) is 0. The van der Waals surface area contributed by atoms with E-state index >= 15 is 0 Å². The second-order valence-corrected chi connectivity index (χ2v) is 6.68. The third-order valence-electron chi connectivity index (χ3n) is 3.73. The maximum atomic E-state index is 12.2. The monoisotopic (exact) mass is 420 g/mol. The average Bonchev–Trinajstić information content (AvgIpc) is 2.62. The zero-order chi connectivity index (χ0) is 19.3. The molecule has 0 spiro atoms. The van der Waals surface area contributed by atoms with E-state index < -0.39 is 17.9 Å². The molecule has 2 aromatic carbocycles. The van der Waals surface area contributed by atoms with Crippen LogP contribution in [-0.4, -0.2) is 25.0 Å². The summed E-state index contributed by atoms with van der Waals surface area (Å²) in [5.74, 6) is 0.353. The molecule has 0 aliphatic heterocycles. The van der Waals surface area contributed by atoms with Crippen LogP contribution in [0.4, 0.5) is 0 Å². The van der Waals surface area contributed by atoms with Gasteiger partial charge >= 0.3 is 0 Å². The Kier molecular flexibility index (Phi) is 6.63. The number of amides is 2. The number of ether oxygens (including phenoxy) is 2. The summed E-state index contributed by atoms with van der Waals surface area (Å²) in [7, 11) is 1.54. The van der Waals surface area contributed by atoms with E-state index in [-0.39, 0.29) is 0 Å². The standard InChI is InChI=1S/C19H21BrN2O4/c1-11-5-6-12(2)17(9-11)26-13(3)18(23)21-22-19(24)14-7-8-16(25-4)15(20)10-14/h5-10,13H,1-4H3,(H,21,23)(H,22,24). The van der Waals surface area contributed by atoms with Crippen molar-refractivity contribution in [2.24, 2.45) is 0 Å². The minimum absolute atomic E-state index is 0.376. The highest BCUT2D eigenvalue weighted by molar-refractivity contribution is 9.10. The number of hydrazine groups is 1. The Balaban J connectivity index is 1.93. The van der Waals surface area contributed by atoms with Gasteiger partial charge in [-0.15, -0.1) is 0 Å². The second kappa shape index (κ2) is 8.71. The van der Waals surface area contributed by atoms with Crippen LogP contribution in [0.3, 0.4) is 0 Å². The van der Waals surface area contributed by atoms with E-state index in [0.717, 1.165) is 11.1 Å². The van der Waals surface area contributed by atoms with Gasteiger partial charge < -0.3 is 9.47 Å².